The molecule has 0 radical (unpaired) electrons. The van der Waals surface area contributed by atoms with Crippen molar-refractivity contribution in [3.63, 3.8) is 0 Å². The largest absolute Gasteiger partial charge is 0.269 e. The van der Waals surface area contributed by atoms with Crippen LogP contribution in [0.2, 0.25) is 0 Å². The zero-order chi connectivity index (χ0) is 18.3. The van der Waals surface area contributed by atoms with Crippen LogP contribution in [0, 0.1) is 10.1 Å². The quantitative estimate of drug-likeness (QED) is 0.420. The van der Waals surface area contributed by atoms with Gasteiger partial charge in [-0.05, 0) is 48.0 Å². The third kappa shape index (κ3) is 6.34. The molecule has 0 atom stereocenters. The molecule has 25 heavy (non-hydrogen) atoms. The summed E-state index contributed by atoms with van der Waals surface area (Å²) >= 11 is 1.98. The van der Waals surface area contributed by atoms with Gasteiger partial charge in [0.2, 0.25) is 0 Å². The fraction of sp³-hybridized carbons (Fsp3) is 0.294. The second-order valence-corrected chi connectivity index (χ2v) is 9.28. The van der Waals surface area contributed by atoms with E-state index in [9.17, 15) is 18.5 Å². The van der Waals surface area contributed by atoms with Crippen molar-refractivity contribution in [3.05, 3.63) is 70.3 Å². The number of hydrogen-bond acceptors (Lipinski definition) is 5. The maximum absolute atomic E-state index is 11.1. The Kier molecular flexibility index (Phi) is 7.28. The van der Waals surface area contributed by atoms with Crippen LogP contribution in [0.3, 0.4) is 0 Å². The van der Waals surface area contributed by atoms with Crippen molar-refractivity contribution < 1.29 is 13.3 Å². The molecular formula is C17H18ClNO4S2. The summed E-state index contributed by atoms with van der Waals surface area (Å²) in [5.41, 5.74) is 1.36. The van der Waals surface area contributed by atoms with Crippen molar-refractivity contribution in [2.45, 2.75) is 23.7 Å². The van der Waals surface area contributed by atoms with Gasteiger partial charge >= 0.3 is 0 Å². The van der Waals surface area contributed by atoms with Gasteiger partial charge in [0.1, 0.15) is 0 Å². The van der Waals surface area contributed by atoms with Crippen LogP contribution < -0.4 is 0 Å². The molecule has 0 saturated carbocycles. The second kappa shape index (κ2) is 9.22. The predicted octanol–water partition coefficient (Wildman–Crippen LogP) is 4.82. The molecule has 0 amide bonds. The van der Waals surface area contributed by atoms with E-state index in [1.54, 1.807) is 30.3 Å². The highest BCUT2D eigenvalue weighted by Crippen LogP contribution is 2.32. The van der Waals surface area contributed by atoms with Crippen molar-refractivity contribution in [1.82, 2.24) is 0 Å². The van der Waals surface area contributed by atoms with Crippen LogP contribution >= 0.6 is 22.4 Å². The van der Waals surface area contributed by atoms with Crippen LogP contribution in [-0.2, 0) is 9.05 Å². The van der Waals surface area contributed by atoms with E-state index in [2.05, 4.69) is 0 Å². The summed E-state index contributed by atoms with van der Waals surface area (Å²) in [5, 5.41) is 10.0. The minimum atomic E-state index is -3.58. The molecular weight excluding hydrogens is 382 g/mol. The Morgan fingerprint density at radius 1 is 1.00 bits per heavy atom. The molecule has 0 spiro atoms. The molecule has 2 aromatic carbocycles. The van der Waals surface area contributed by atoms with Gasteiger partial charge in [-0.15, -0.1) is 0 Å². The van der Waals surface area contributed by atoms with Crippen molar-refractivity contribution in [1.29, 1.82) is 0 Å². The molecule has 3 rings (SSSR count). The molecule has 0 aromatic heterocycles. The molecule has 0 unspecified atom stereocenters. The fourth-order valence-electron chi connectivity index (χ4n) is 2.48. The molecule has 0 aliphatic carbocycles. The van der Waals surface area contributed by atoms with Gasteiger partial charge in [-0.25, -0.2) is 8.42 Å². The highest BCUT2D eigenvalue weighted by molar-refractivity contribution is 8.13. The summed E-state index contributed by atoms with van der Waals surface area (Å²) < 4.78 is 22.2. The minimum absolute atomic E-state index is 0.137. The average Bonchev–Trinajstić information content (AvgIpc) is 2.63. The average molecular weight is 400 g/mol. The standard InChI is InChI=1S/C11H13ClO2S2.C6H5NO2/c12-16(13,14)11-3-1-9(2-4-11)10-5-7-15-8-6-10;8-7(9)6-4-2-1-3-5-6/h1-4,10H,5-8H2;1-5H. The van der Waals surface area contributed by atoms with Gasteiger partial charge in [0.05, 0.1) is 9.82 Å². The highest BCUT2D eigenvalue weighted by Gasteiger charge is 2.16. The van der Waals surface area contributed by atoms with E-state index >= 15 is 0 Å². The summed E-state index contributed by atoms with van der Waals surface area (Å²) in [6, 6.07) is 14.9. The van der Waals surface area contributed by atoms with Gasteiger partial charge in [0, 0.05) is 22.8 Å². The number of para-hydroxylation sites is 1. The topological polar surface area (TPSA) is 77.3 Å². The Labute approximate surface area is 156 Å². The Bertz CT molecular complexity index is 789. The minimum Gasteiger partial charge on any atom is -0.258 e. The lowest BCUT2D eigenvalue weighted by Gasteiger charge is -2.21. The third-order valence-corrected chi connectivity index (χ3v) is 6.24. The Morgan fingerprint density at radius 2 is 1.56 bits per heavy atom. The molecule has 0 N–H and O–H groups in total. The number of non-ortho nitro benzene ring substituents is 1. The van der Waals surface area contributed by atoms with Crippen LogP contribution in [0.25, 0.3) is 0 Å². The maximum atomic E-state index is 11.1. The fourth-order valence-corrected chi connectivity index (χ4v) is 4.36. The first-order chi connectivity index (χ1) is 11.9. The number of nitro groups is 1. The van der Waals surface area contributed by atoms with Gasteiger partial charge < -0.3 is 0 Å². The number of rotatable bonds is 3. The van der Waals surface area contributed by atoms with E-state index in [0.717, 1.165) is 0 Å². The van der Waals surface area contributed by atoms with E-state index in [-0.39, 0.29) is 10.6 Å². The molecule has 1 aliphatic rings. The van der Waals surface area contributed by atoms with Gasteiger partial charge in [0.25, 0.3) is 14.7 Å². The molecule has 1 heterocycles. The maximum Gasteiger partial charge on any atom is 0.269 e. The van der Waals surface area contributed by atoms with Crippen LogP contribution in [0.4, 0.5) is 5.69 Å². The van der Waals surface area contributed by atoms with Crippen molar-refractivity contribution in [3.8, 4) is 0 Å². The number of nitro benzene ring substituents is 1. The van der Waals surface area contributed by atoms with E-state index < -0.39 is 14.0 Å². The summed E-state index contributed by atoms with van der Waals surface area (Å²) in [6.45, 7) is 0. The van der Waals surface area contributed by atoms with E-state index in [4.69, 9.17) is 10.7 Å². The summed E-state index contributed by atoms with van der Waals surface area (Å²) in [6.07, 6.45) is 2.36. The number of benzene rings is 2. The van der Waals surface area contributed by atoms with Crippen molar-refractivity contribution >= 4 is 37.2 Å². The first-order valence-corrected chi connectivity index (χ1v) is 11.2. The molecule has 5 nitrogen and oxygen atoms in total. The Hall–Kier alpha value is -1.57. The number of halogens is 1. The van der Waals surface area contributed by atoms with Crippen LogP contribution in [-0.4, -0.2) is 24.8 Å². The zero-order valence-electron chi connectivity index (χ0n) is 13.4. The molecule has 8 heteroatoms. The first kappa shape index (κ1) is 19.8. The Morgan fingerprint density at radius 3 is 2.00 bits per heavy atom. The van der Waals surface area contributed by atoms with Gasteiger partial charge in [-0.1, -0.05) is 30.3 Å². The molecule has 0 bridgehead atoms. The number of hydrogen-bond donors (Lipinski definition) is 0. The monoisotopic (exact) mass is 399 g/mol. The lowest BCUT2D eigenvalue weighted by Crippen LogP contribution is -2.07. The van der Waals surface area contributed by atoms with Gasteiger partial charge in [-0.2, -0.15) is 11.8 Å². The molecule has 1 aliphatic heterocycles. The molecule has 134 valence electrons. The Balaban J connectivity index is 0.000000212. The van der Waals surface area contributed by atoms with Crippen LogP contribution in [0.5, 0.6) is 0 Å². The summed E-state index contributed by atoms with van der Waals surface area (Å²) in [5.74, 6) is 2.97. The highest BCUT2D eigenvalue weighted by atomic mass is 35.7. The van der Waals surface area contributed by atoms with Crippen LogP contribution in [0.1, 0.15) is 24.3 Å². The SMILES string of the molecule is O=S(=O)(Cl)c1ccc(C2CCSCC2)cc1.O=[N+]([O-])c1ccccc1. The summed E-state index contributed by atoms with van der Waals surface area (Å²) in [4.78, 5) is 9.77. The third-order valence-electron chi connectivity index (χ3n) is 3.82. The molecule has 2 aromatic rings. The lowest BCUT2D eigenvalue weighted by molar-refractivity contribution is -0.384. The predicted molar refractivity (Wildman–Crippen MR) is 102 cm³/mol. The molecule has 1 fully saturated rings. The van der Waals surface area contributed by atoms with E-state index in [1.807, 2.05) is 23.9 Å². The van der Waals surface area contributed by atoms with Crippen molar-refractivity contribution in [2.24, 2.45) is 0 Å². The van der Waals surface area contributed by atoms with Gasteiger partial charge in [-0.3, -0.25) is 10.1 Å². The number of nitrogens with zero attached hydrogens (tertiary/aromatic N) is 1. The second-order valence-electron chi connectivity index (χ2n) is 5.49. The number of thioether (sulfide) groups is 1. The smallest absolute Gasteiger partial charge is 0.258 e. The normalized spacial score (nSPS) is 15.1. The molecule has 1 saturated heterocycles. The summed E-state index contributed by atoms with van der Waals surface area (Å²) in [7, 11) is 1.68. The van der Waals surface area contributed by atoms with Gasteiger partial charge in [0.15, 0.2) is 0 Å². The zero-order valence-corrected chi connectivity index (χ0v) is 15.8. The van der Waals surface area contributed by atoms with Crippen LogP contribution in [0.15, 0.2) is 59.5 Å². The van der Waals surface area contributed by atoms with E-state index in [1.165, 1.54) is 42.0 Å². The first-order valence-electron chi connectivity index (χ1n) is 7.70. The lowest BCUT2D eigenvalue weighted by atomic mass is 9.94. The van der Waals surface area contributed by atoms with Crippen molar-refractivity contribution in [2.75, 3.05) is 11.5 Å². The van der Waals surface area contributed by atoms with E-state index in [0.29, 0.717) is 5.92 Å².